The second-order valence-corrected chi connectivity index (χ2v) is 9.31. The minimum atomic E-state index is -0.623. The van der Waals surface area contributed by atoms with Crippen molar-refractivity contribution in [1.82, 2.24) is 19.9 Å². The van der Waals surface area contributed by atoms with Crippen molar-refractivity contribution in [1.29, 1.82) is 0 Å². The number of imidazole rings is 1. The van der Waals surface area contributed by atoms with Gasteiger partial charge < -0.3 is 9.88 Å². The molecule has 4 rings (SSSR count). The number of hydrogen-bond donors (Lipinski definition) is 1. The minimum Gasteiger partial charge on any atom is -0.342 e. The van der Waals surface area contributed by atoms with E-state index in [9.17, 15) is 4.79 Å². The number of para-hydroxylation sites is 2. The number of likely N-dealkylation sites (N-methyl/N-ethyl adjacent to an activating group) is 1. The summed E-state index contributed by atoms with van der Waals surface area (Å²) in [5.41, 5.74) is 3.87. The first-order chi connectivity index (χ1) is 15.4. The minimum absolute atomic E-state index is 0.0555. The third kappa shape index (κ3) is 4.71. The van der Waals surface area contributed by atoms with Gasteiger partial charge in [0.1, 0.15) is 5.82 Å². The SMILES string of the molecule is CON(C)C(=O)C(C)(C)c1ccc(CCN2CCC(c3nc4ccccc4[nH]3)CC2)cc1. The molecule has 0 atom stereocenters. The van der Waals surface area contributed by atoms with Crippen LogP contribution in [0.5, 0.6) is 0 Å². The number of rotatable bonds is 7. The summed E-state index contributed by atoms with van der Waals surface area (Å²) >= 11 is 0. The molecule has 0 unspecified atom stereocenters. The van der Waals surface area contributed by atoms with E-state index in [-0.39, 0.29) is 5.91 Å². The van der Waals surface area contributed by atoms with Crippen molar-refractivity contribution < 1.29 is 9.63 Å². The van der Waals surface area contributed by atoms with E-state index < -0.39 is 5.41 Å². The van der Waals surface area contributed by atoms with Gasteiger partial charge in [0.15, 0.2) is 0 Å². The van der Waals surface area contributed by atoms with Gasteiger partial charge in [-0.2, -0.15) is 0 Å². The lowest BCUT2D eigenvalue weighted by Gasteiger charge is -2.31. The molecule has 170 valence electrons. The molecule has 6 heteroatoms. The Bertz CT molecular complexity index is 1020. The number of nitrogens with one attached hydrogen (secondary N) is 1. The standard InChI is InChI=1S/C26H34N4O2/c1-26(2,25(31)29(3)32-4)21-11-9-19(10-12-21)13-16-30-17-14-20(15-18-30)24-27-22-7-5-6-8-23(22)28-24/h5-12,20H,13-18H2,1-4H3,(H,27,28). The van der Waals surface area contributed by atoms with Gasteiger partial charge in [0.25, 0.3) is 5.91 Å². The molecule has 1 amide bonds. The summed E-state index contributed by atoms with van der Waals surface area (Å²) < 4.78 is 0. The van der Waals surface area contributed by atoms with Crippen LogP contribution in [0.15, 0.2) is 48.5 Å². The number of carbonyl (C=O) groups excluding carboxylic acids is 1. The molecule has 2 heterocycles. The summed E-state index contributed by atoms with van der Waals surface area (Å²) in [5, 5.41) is 1.29. The number of aromatic amines is 1. The molecule has 1 N–H and O–H groups in total. The molecule has 0 aliphatic carbocycles. The maximum absolute atomic E-state index is 12.6. The predicted molar refractivity (Wildman–Crippen MR) is 127 cm³/mol. The Balaban J connectivity index is 1.29. The number of fused-ring (bicyclic) bond motifs is 1. The summed E-state index contributed by atoms with van der Waals surface area (Å²) in [4.78, 5) is 28.5. The summed E-state index contributed by atoms with van der Waals surface area (Å²) in [6.45, 7) is 7.13. The lowest BCUT2D eigenvalue weighted by Crippen LogP contribution is -2.40. The molecule has 1 aliphatic rings. The Morgan fingerprint density at radius 1 is 1.16 bits per heavy atom. The smallest absolute Gasteiger partial charge is 0.255 e. The molecule has 1 aliphatic heterocycles. The molecule has 0 radical (unpaired) electrons. The van der Waals surface area contributed by atoms with Crippen LogP contribution < -0.4 is 0 Å². The van der Waals surface area contributed by atoms with Crippen molar-refractivity contribution in [3.05, 3.63) is 65.5 Å². The molecule has 1 aromatic heterocycles. The molecular formula is C26H34N4O2. The number of piperidine rings is 1. The van der Waals surface area contributed by atoms with Crippen LogP contribution in [0.4, 0.5) is 0 Å². The summed E-state index contributed by atoms with van der Waals surface area (Å²) in [5.74, 6) is 1.60. The van der Waals surface area contributed by atoms with E-state index in [1.807, 2.05) is 19.9 Å². The highest BCUT2D eigenvalue weighted by atomic mass is 16.7. The van der Waals surface area contributed by atoms with Crippen LogP contribution in [0.25, 0.3) is 11.0 Å². The van der Waals surface area contributed by atoms with Gasteiger partial charge in [-0.3, -0.25) is 9.63 Å². The molecule has 1 fully saturated rings. The second-order valence-electron chi connectivity index (χ2n) is 9.31. The monoisotopic (exact) mass is 434 g/mol. The van der Waals surface area contributed by atoms with Crippen molar-refractivity contribution in [3.63, 3.8) is 0 Å². The summed E-state index contributed by atoms with van der Waals surface area (Å²) in [6.07, 6.45) is 3.30. The largest absolute Gasteiger partial charge is 0.342 e. The number of likely N-dealkylation sites (tertiary alicyclic amines) is 1. The van der Waals surface area contributed by atoms with Gasteiger partial charge in [0.2, 0.25) is 0 Å². The highest BCUT2D eigenvalue weighted by Gasteiger charge is 2.32. The fraction of sp³-hybridized carbons (Fsp3) is 0.462. The van der Waals surface area contributed by atoms with E-state index >= 15 is 0 Å². The molecule has 0 bridgehead atoms. The number of H-pyrrole nitrogens is 1. The molecule has 3 aromatic rings. The van der Waals surface area contributed by atoms with Crippen LogP contribution in [0.1, 0.15) is 49.6 Å². The number of carbonyl (C=O) groups is 1. The van der Waals surface area contributed by atoms with E-state index in [0.717, 1.165) is 61.3 Å². The average molecular weight is 435 g/mol. The fourth-order valence-corrected chi connectivity index (χ4v) is 4.57. The quantitative estimate of drug-likeness (QED) is 0.564. The number of nitrogens with zero attached hydrogens (tertiary/aromatic N) is 3. The topological polar surface area (TPSA) is 61.5 Å². The van der Waals surface area contributed by atoms with Crippen LogP contribution in [-0.2, 0) is 21.5 Å². The van der Waals surface area contributed by atoms with Crippen LogP contribution in [0.3, 0.4) is 0 Å². The number of hydrogen-bond acceptors (Lipinski definition) is 4. The van der Waals surface area contributed by atoms with Gasteiger partial charge >= 0.3 is 0 Å². The number of hydroxylamine groups is 2. The molecule has 32 heavy (non-hydrogen) atoms. The first-order valence-electron chi connectivity index (χ1n) is 11.5. The van der Waals surface area contributed by atoms with Crippen molar-refractivity contribution in [2.45, 2.75) is 44.4 Å². The van der Waals surface area contributed by atoms with Gasteiger partial charge in [0.05, 0.1) is 23.6 Å². The van der Waals surface area contributed by atoms with E-state index in [1.165, 1.54) is 17.7 Å². The number of benzene rings is 2. The highest BCUT2D eigenvalue weighted by Crippen LogP contribution is 2.28. The van der Waals surface area contributed by atoms with Crippen LogP contribution in [-0.4, -0.2) is 59.6 Å². The average Bonchev–Trinajstić information content (AvgIpc) is 3.26. The van der Waals surface area contributed by atoms with E-state index in [4.69, 9.17) is 9.82 Å². The molecule has 6 nitrogen and oxygen atoms in total. The lowest BCUT2D eigenvalue weighted by molar-refractivity contribution is -0.174. The van der Waals surface area contributed by atoms with Gasteiger partial charge in [-0.25, -0.2) is 10.0 Å². The lowest BCUT2D eigenvalue weighted by atomic mass is 9.83. The number of amides is 1. The molecule has 1 saturated heterocycles. The van der Waals surface area contributed by atoms with Crippen LogP contribution in [0, 0.1) is 0 Å². The molecular weight excluding hydrogens is 400 g/mol. The predicted octanol–water partition coefficient (Wildman–Crippen LogP) is 4.28. The highest BCUT2D eigenvalue weighted by molar-refractivity contribution is 5.86. The van der Waals surface area contributed by atoms with E-state index in [0.29, 0.717) is 5.92 Å². The number of aromatic nitrogens is 2. The van der Waals surface area contributed by atoms with Crippen molar-refractivity contribution in [3.8, 4) is 0 Å². The summed E-state index contributed by atoms with van der Waals surface area (Å²) in [7, 11) is 3.16. The fourth-order valence-electron chi connectivity index (χ4n) is 4.57. The normalized spacial score (nSPS) is 15.9. The maximum atomic E-state index is 12.6. The molecule has 2 aromatic carbocycles. The van der Waals surface area contributed by atoms with E-state index in [1.54, 1.807) is 7.05 Å². The zero-order valence-corrected chi connectivity index (χ0v) is 19.6. The third-order valence-corrected chi connectivity index (χ3v) is 6.87. The van der Waals surface area contributed by atoms with Crippen molar-refractivity contribution in [2.24, 2.45) is 0 Å². The Morgan fingerprint density at radius 3 is 2.50 bits per heavy atom. The summed E-state index contributed by atoms with van der Waals surface area (Å²) in [6, 6.07) is 16.7. The van der Waals surface area contributed by atoms with Gasteiger partial charge in [-0.1, -0.05) is 36.4 Å². The van der Waals surface area contributed by atoms with Gasteiger partial charge in [-0.15, -0.1) is 0 Å². The Hall–Kier alpha value is -2.70. The Morgan fingerprint density at radius 2 is 1.84 bits per heavy atom. The van der Waals surface area contributed by atoms with Crippen LogP contribution >= 0.6 is 0 Å². The van der Waals surface area contributed by atoms with Gasteiger partial charge in [-0.05, 0) is 69.5 Å². The zero-order valence-electron chi connectivity index (χ0n) is 19.6. The first kappa shape index (κ1) is 22.5. The van der Waals surface area contributed by atoms with Crippen molar-refractivity contribution >= 4 is 16.9 Å². The Kier molecular flexibility index (Phi) is 6.63. The third-order valence-electron chi connectivity index (χ3n) is 6.87. The first-order valence-corrected chi connectivity index (χ1v) is 11.5. The van der Waals surface area contributed by atoms with Crippen molar-refractivity contribution in [2.75, 3.05) is 33.8 Å². The van der Waals surface area contributed by atoms with Gasteiger partial charge in [0, 0.05) is 19.5 Å². The maximum Gasteiger partial charge on any atom is 0.255 e. The molecule has 0 spiro atoms. The zero-order chi connectivity index (χ0) is 22.7. The Labute approximate surface area is 190 Å². The molecule has 0 saturated carbocycles. The second kappa shape index (κ2) is 9.43. The van der Waals surface area contributed by atoms with E-state index in [2.05, 4.69) is 52.3 Å². The van der Waals surface area contributed by atoms with Crippen LogP contribution in [0.2, 0.25) is 0 Å².